The second-order valence-corrected chi connectivity index (χ2v) is 4.54. The maximum Gasteiger partial charge on any atom is 0.126 e. The van der Waals surface area contributed by atoms with E-state index in [1.165, 1.54) is 12.1 Å². The molecule has 1 unspecified atom stereocenters. The monoisotopic (exact) mass is 265 g/mol. The number of rotatable bonds is 5. The quantitative estimate of drug-likeness (QED) is 0.900. The normalized spacial score (nSPS) is 12.6. The van der Waals surface area contributed by atoms with Gasteiger partial charge in [0.2, 0.25) is 0 Å². The van der Waals surface area contributed by atoms with Crippen molar-refractivity contribution < 1.29 is 8.78 Å². The van der Waals surface area contributed by atoms with Crippen LogP contribution >= 0.6 is 0 Å². The molecule has 0 aliphatic rings. The van der Waals surface area contributed by atoms with Gasteiger partial charge in [-0.05, 0) is 36.2 Å². The number of likely N-dealkylation sites (N-methyl/N-ethyl adjacent to an activating group) is 1. The lowest BCUT2D eigenvalue weighted by Crippen LogP contribution is -2.23. The van der Waals surface area contributed by atoms with Crippen LogP contribution in [0, 0.1) is 11.6 Å². The van der Waals surface area contributed by atoms with Crippen molar-refractivity contribution in [1.82, 2.24) is 15.1 Å². The van der Waals surface area contributed by atoms with Gasteiger partial charge in [-0.15, -0.1) is 0 Å². The van der Waals surface area contributed by atoms with E-state index in [0.717, 1.165) is 18.2 Å². The van der Waals surface area contributed by atoms with Crippen LogP contribution in [0.15, 0.2) is 30.6 Å². The summed E-state index contributed by atoms with van der Waals surface area (Å²) in [5, 5.41) is 7.34. The van der Waals surface area contributed by atoms with E-state index in [0.29, 0.717) is 12.0 Å². The molecule has 2 rings (SSSR count). The van der Waals surface area contributed by atoms with E-state index >= 15 is 0 Å². The maximum atomic E-state index is 13.3. The van der Waals surface area contributed by atoms with Crippen molar-refractivity contribution in [3.8, 4) is 0 Å². The number of nitrogens with one attached hydrogen (secondary N) is 1. The summed E-state index contributed by atoms with van der Waals surface area (Å²) in [6.45, 7) is 2.69. The number of hydrogen-bond acceptors (Lipinski definition) is 2. The van der Waals surface area contributed by atoms with Gasteiger partial charge in [0.15, 0.2) is 0 Å². The predicted octanol–water partition coefficient (Wildman–Crippen LogP) is 2.59. The van der Waals surface area contributed by atoms with Crippen LogP contribution in [0.5, 0.6) is 0 Å². The number of hydrogen-bond donors (Lipinski definition) is 1. The fourth-order valence-corrected chi connectivity index (χ4v) is 2.14. The molecular weight excluding hydrogens is 248 g/mol. The highest BCUT2D eigenvalue weighted by atomic mass is 19.1. The Kier molecular flexibility index (Phi) is 4.27. The van der Waals surface area contributed by atoms with Crippen molar-refractivity contribution in [2.24, 2.45) is 7.05 Å². The first kappa shape index (κ1) is 13.7. The highest BCUT2D eigenvalue weighted by Gasteiger charge is 2.14. The number of nitrogens with zero attached hydrogens (tertiary/aromatic N) is 2. The van der Waals surface area contributed by atoms with Crippen LogP contribution in [-0.2, 0) is 13.5 Å². The third kappa shape index (κ3) is 3.61. The summed E-state index contributed by atoms with van der Waals surface area (Å²) in [6.07, 6.45) is 4.31. The van der Waals surface area contributed by atoms with Crippen molar-refractivity contribution >= 4 is 0 Å². The zero-order valence-electron chi connectivity index (χ0n) is 11.0. The minimum atomic E-state index is -0.552. The molecule has 0 aliphatic carbocycles. The Morgan fingerprint density at radius 2 is 1.95 bits per heavy atom. The molecule has 1 heterocycles. The molecule has 0 saturated heterocycles. The first-order chi connectivity index (χ1) is 9.08. The van der Waals surface area contributed by atoms with Gasteiger partial charge in [0.05, 0.1) is 6.20 Å². The summed E-state index contributed by atoms with van der Waals surface area (Å²) in [7, 11) is 1.84. The molecule has 0 saturated carbocycles. The first-order valence-electron chi connectivity index (χ1n) is 6.25. The molecule has 1 aromatic heterocycles. The van der Waals surface area contributed by atoms with Crippen molar-refractivity contribution in [2.75, 3.05) is 6.54 Å². The molecule has 102 valence electrons. The maximum absolute atomic E-state index is 13.3. The molecule has 0 bridgehead atoms. The van der Waals surface area contributed by atoms with Gasteiger partial charge in [0, 0.05) is 25.4 Å². The summed E-state index contributed by atoms with van der Waals surface area (Å²) in [4.78, 5) is 0. The Labute approximate surface area is 111 Å². The lowest BCUT2D eigenvalue weighted by molar-refractivity contribution is 0.529. The number of aromatic nitrogens is 2. The van der Waals surface area contributed by atoms with E-state index in [2.05, 4.69) is 10.4 Å². The molecule has 2 aromatic rings. The summed E-state index contributed by atoms with van der Waals surface area (Å²) < 4.78 is 28.3. The van der Waals surface area contributed by atoms with E-state index in [9.17, 15) is 8.78 Å². The Morgan fingerprint density at radius 3 is 2.47 bits per heavy atom. The lowest BCUT2D eigenvalue weighted by Gasteiger charge is -2.17. The highest BCUT2D eigenvalue weighted by Crippen LogP contribution is 2.20. The fourth-order valence-electron chi connectivity index (χ4n) is 2.14. The second kappa shape index (κ2) is 5.93. The molecule has 0 radical (unpaired) electrons. The largest absolute Gasteiger partial charge is 0.310 e. The van der Waals surface area contributed by atoms with Gasteiger partial charge in [0.1, 0.15) is 11.6 Å². The average molecular weight is 265 g/mol. The summed E-state index contributed by atoms with van der Waals surface area (Å²) in [5.74, 6) is -1.10. The molecule has 3 nitrogen and oxygen atoms in total. The van der Waals surface area contributed by atoms with E-state index in [1.54, 1.807) is 10.9 Å². The second-order valence-electron chi connectivity index (χ2n) is 4.54. The zero-order valence-corrected chi connectivity index (χ0v) is 11.0. The number of aryl methyl sites for hydroxylation is 1. The molecular formula is C14H17F2N3. The smallest absolute Gasteiger partial charge is 0.126 e. The molecule has 5 heteroatoms. The summed E-state index contributed by atoms with van der Waals surface area (Å²) in [5.41, 5.74) is 1.64. The lowest BCUT2D eigenvalue weighted by atomic mass is 10.0. The fraction of sp³-hybridized carbons (Fsp3) is 0.357. The van der Waals surface area contributed by atoms with E-state index in [4.69, 9.17) is 0 Å². The van der Waals surface area contributed by atoms with Crippen LogP contribution < -0.4 is 5.32 Å². The zero-order chi connectivity index (χ0) is 13.8. The van der Waals surface area contributed by atoms with Crippen LogP contribution in [0.3, 0.4) is 0 Å². The Balaban J connectivity index is 2.23. The van der Waals surface area contributed by atoms with Crippen molar-refractivity contribution in [3.63, 3.8) is 0 Å². The van der Waals surface area contributed by atoms with E-state index in [1.807, 2.05) is 20.2 Å². The molecule has 0 amide bonds. The van der Waals surface area contributed by atoms with Crippen molar-refractivity contribution in [3.05, 3.63) is 53.4 Å². The molecule has 1 N–H and O–H groups in total. The topological polar surface area (TPSA) is 29.9 Å². The standard InChI is InChI=1S/C14H17F2N3/c1-3-17-14(4-10-8-18-19(2)9-10)11-5-12(15)7-13(16)6-11/h5-9,14,17H,3-4H2,1-2H3. The van der Waals surface area contributed by atoms with Gasteiger partial charge < -0.3 is 5.32 Å². The van der Waals surface area contributed by atoms with Crippen LogP contribution in [0.2, 0.25) is 0 Å². The van der Waals surface area contributed by atoms with Gasteiger partial charge in [0.25, 0.3) is 0 Å². The molecule has 0 fully saturated rings. The number of halogens is 2. The highest BCUT2D eigenvalue weighted by molar-refractivity contribution is 5.23. The van der Waals surface area contributed by atoms with Gasteiger partial charge in [-0.3, -0.25) is 4.68 Å². The van der Waals surface area contributed by atoms with E-state index in [-0.39, 0.29) is 6.04 Å². The van der Waals surface area contributed by atoms with Crippen molar-refractivity contribution in [1.29, 1.82) is 0 Å². The molecule has 1 atom stereocenters. The van der Waals surface area contributed by atoms with Crippen LogP contribution in [-0.4, -0.2) is 16.3 Å². The van der Waals surface area contributed by atoms with Gasteiger partial charge in [-0.25, -0.2) is 8.78 Å². The Morgan fingerprint density at radius 1 is 1.26 bits per heavy atom. The Hall–Kier alpha value is -1.75. The van der Waals surface area contributed by atoms with Gasteiger partial charge in [-0.2, -0.15) is 5.10 Å². The predicted molar refractivity (Wildman–Crippen MR) is 69.7 cm³/mol. The summed E-state index contributed by atoms with van der Waals surface area (Å²) in [6, 6.07) is 3.50. The summed E-state index contributed by atoms with van der Waals surface area (Å²) >= 11 is 0. The third-order valence-electron chi connectivity index (χ3n) is 2.94. The van der Waals surface area contributed by atoms with Crippen LogP contribution in [0.25, 0.3) is 0 Å². The minimum absolute atomic E-state index is 0.126. The molecule has 1 aromatic carbocycles. The SMILES string of the molecule is CCNC(Cc1cnn(C)c1)c1cc(F)cc(F)c1. The van der Waals surface area contributed by atoms with Crippen LogP contribution in [0.4, 0.5) is 8.78 Å². The first-order valence-corrected chi connectivity index (χ1v) is 6.25. The van der Waals surface area contributed by atoms with Crippen LogP contribution in [0.1, 0.15) is 24.1 Å². The average Bonchev–Trinajstić information content (AvgIpc) is 2.73. The number of benzene rings is 1. The van der Waals surface area contributed by atoms with Gasteiger partial charge >= 0.3 is 0 Å². The minimum Gasteiger partial charge on any atom is -0.310 e. The van der Waals surface area contributed by atoms with Crippen molar-refractivity contribution in [2.45, 2.75) is 19.4 Å². The third-order valence-corrected chi connectivity index (χ3v) is 2.94. The van der Waals surface area contributed by atoms with Gasteiger partial charge in [-0.1, -0.05) is 6.92 Å². The Bertz CT molecular complexity index is 531. The molecule has 19 heavy (non-hydrogen) atoms. The van der Waals surface area contributed by atoms with E-state index < -0.39 is 11.6 Å². The molecule has 0 aliphatic heterocycles. The molecule has 0 spiro atoms.